The molecular weight excluding hydrogens is 240 g/mol. The summed E-state index contributed by atoms with van der Waals surface area (Å²) in [5.74, 6) is 0.789. The highest BCUT2D eigenvalue weighted by Crippen LogP contribution is 2.27. The van der Waals surface area contributed by atoms with Gasteiger partial charge in [0.05, 0.1) is 31.4 Å². The molecule has 19 heavy (non-hydrogen) atoms. The number of aromatic nitrogens is 3. The van der Waals surface area contributed by atoms with E-state index in [-0.39, 0.29) is 6.04 Å². The van der Waals surface area contributed by atoms with E-state index in [4.69, 9.17) is 4.74 Å². The minimum absolute atomic E-state index is 0.0106. The molecule has 0 spiro atoms. The fourth-order valence-corrected chi connectivity index (χ4v) is 2.07. The van der Waals surface area contributed by atoms with E-state index in [1.807, 2.05) is 29.9 Å². The largest absolute Gasteiger partial charge is 0.495 e. The minimum atomic E-state index is -0.0106. The van der Waals surface area contributed by atoms with Gasteiger partial charge in [0.2, 0.25) is 0 Å². The number of rotatable bonds is 6. The number of pyridine rings is 1. The maximum absolute atomic E-state index is 5.41. The number of nitrogens with one attached hydrogen (secondary N) is 1. The lowest BCUT2D eigenvalue weighted by Crippen LogP contribution is -2.26. The van der Waals surface area contributed by atoms with Gasteiger partial charge in [-0.3, -0.25) is 4.98 Å². The molecule has 1 atom stereocenters. The van der Waals surface area contributed by atoms with E-state index in [2.05, 4.69) is 22.2 Å². The summed E-state index contributed by atoms with van der Waals surface area (Å²) < 4.78 is 7.41. The number of nitrogens with zero attached hydrogens (tertiary/aromatic N) is 3. The Balaban J connectivity index is 2.40. The van der Waals surface area contributed by atoms with Gasteiger partial charge in [-0.05, 0) is 25.1 Å². The van der Waals surface area contributed by atoms with Crippen LogP contribution in [0.15, 0.2) is 30.9 Å². The highest BCUT2D eigenvalue weighted by Gasteiger charge is 2.21. The topological polar surface area (TPSA) is 52.0 Å². The molecule has 5 nitrogen and oxygen atoms in total. The lowest BCUT2D eigenvalue weighted by molar-refractivity contribution is 0.398. The van der Waals surface area contributed by atoms with Crippen molar-refractivity contribution in [3.05, 3.63) is 42.2 Å². The summed E-state index contributed by atoms with van der Waals surface area (Å²) in [6.07, 6.45) is 6.51. The number of hydrogen-bond acceptors (Lipinski definition) is 4. The third-order valence-electron chi connectivity index (χ3n) is 3.04. The molecule has 0 saturated heterocycles. The predicted molar refractivity (Wildman–Crippen MR) is 74.1 cm³/mol. The summed E-state index contributed by atoms with van der Waals surface area (Å²) in [7, 11) is 3.65. The van der Waals surface area contributed by atoms with Crippen molar-refractivity contribution in [1.29, 1.82) is 0 Å². The first-order valence-electron chi connectivity index (χ1n) is 6.46. The van der Waals surface area contributed by atoms with Crippen LogP contribution in [0.25, 0.3) is 0 Å². The summed E-state index contributed by atoms with van der Waals surface area (Å²) in [6.45, 7) is 3.05. The van der Waals surface area contributed by atoms with Gasteiger partial charge in [-0.15, -0.1) is 0 Å². The maximum atomic E-state index is 5.41. The quantitative estimate of drug-likeness (QED) is 0.862. The zero-order valence-corrected chi connectivity index (χ0v) is 11.6. The molecule has 102 valence electrons. The van der Waals surface area contributed by atoms with Crippen LogP contribution < -0.4 is 10.1 Å². The van der Waals surface area contributed by atoms with Crippen molar-refractivity contribution in [2.24, 2.45) is 7.05 Å². The Kier molecular flexibility index (Phi) is 4.52. The minimum Gasteiger partial charge on any atom is -0.495 e. The van der Waals surface area contributed by atoms with Gasteiger partial charge in [-0.1, -0.05) is 6.92 Å². The average Bonchev–Trinajstić information content (AvgIpc) is 2.86. The number of imidazole rings is 1. The summed E-state index contributed by atoms with van der Waals surface area (Å²) in [5, 5.41) is 3.50. The molecule has 1 N–H and O–H groups in total. The van der Waals surface area contributed by atoms with Gasteiger partial charge in [0.1, 0.15) is 11.4 Å². The van der Waals surface area contributed by atoms with E-state index in [1.54, 1.807) is 19.6 Å². The van der Waals surface area contributed by atoms with Gasteiger partial charge < -0.3 is 14.6 Å². The van der Waals surface area contributed by atoms with Crippen LogP contribution in [-0.2, 0) is 7.05 Å². The number of hydrogen-bond donors (Lipinski definition) is 1. The van der Waals surface area contributed by atoms with Gasteiger partial charge in [-0.2, -0.15) is 0 Å². The molecule has 1 unspecified atom stereocenters. The van der Waals surface area contributed by atoms with E-state index in [0.29, 0.717) is 0 Å². The normalized spacial score (nSPS) is 12.4. The second kappa shape index (κ2) is 6.33. The molecule has 2 rings (SSSR count). The summed E-state index contributed by atoms with van der Waals surface area (Å²) >= 11 is 0. The smallest absolute Gasteiger partial charge is 0.142 e. The van der Waals surface area contributed by atoms with Crippen LogP contribution >= 0.6 is 0 Å². The van der Waals surface area contributed by atoms with Crippen molar-refractivity contribution in [3.8, 4) is 5.75 Å². The molecule has 0 fully saturated rings. The van der Waals surface area contributed by atoms with Crippen LogP contribution in [-0.4, -0.2) is 28.2 Å². The van der Waals surface area contributed by atoms with Crippen molar-refractivity contribution in [2.45, 2.75) is 19.4 Å². The lowest BCUT2D eigenvalue weighted by atomic mass is 10.1. The van der Waals surface area contributed by atoms with Crippen molar-refractivity contribution < 1.29 is 4.74 Å². The van der Waals surface area contributed by atoms with Crippen molar-refractivity contribution in [2.75, 3.05) is 13.7 Å². The first kappa shape index (κ1) is 13.5. The predicted octanol–water partition coefficient (Wildman–Crippen LogP) is 1.91. The molecule has 0 aromatic carbocycles. The molecule has 2 heterocycles. The molecule has 0 aliphatic heterocycles. The Morgan fingerprint density at radius 2 is 2.32 bits per heavy atom. The van der Waals surface area contributed by atoms with Crippen LogP contribution in [0, 0.1) is 0 Å². The molecule has 0 aliphatic rings. The molecule has 0 amide bonds. The first-order valence-corrected chi connectivity index (χ1v) is 6.46. The fourth-order valence-electron chi connectivity index (χ4n) is 2.07. The summed E-state index contributed by atoms with van der Waals surface area (Å²) in [5.41, 5.74) is 1.97. The highest BCUT2D eigenvalue weighted by atomic mass is 16.5. The molecule has 5 heteroatoms. The number of ether oxygens (including phenoxy) is 1. The van der Waals surface area contributed by atoms with E-state index in [0.717, 1.165) is 30.1 Å². The van der Waals surface area contributed by atoms with Gasteiger partial charge in [0, 0.05) is 13.2 Å². The lowest BCUT2D eigenvalue weighted by Gasteiger charge is -2.20. The van der Waals surface area contributed by atoms with E-state index in [9.17, 15) is 0 Å². The van der Waals surface area contributed by atoms with Crippen LogP contribution in [0.1, 0.15) is 30.8 Å². The fraction of sp³-hybridized carbons (Fsp3) is 0.429. The van der Waals surface area contributed by atoms with Crippen LogP contribution in [0.3, 0.4) is 0 Å². The van der Waals surface area contributed by atoms with Crippen molar-refractivity contribution >= 4 is 0 Å². The van der Waals surface area contributed by atoms with Crippen molar-refractivity contribution in [3.63, 3.8) is 0 Å². The molecule has 0 bridgehead atoms. The Labute approximate surface area is 113 Å². The molecular formula is C14H20N4O. The van der Waals surface area contributed by atoms with Gasteiger partial charge in [0.15, 0.2) is 0 Å². The standard InChI is InChI=1S/C14H20N4O/c1-4-7-16-13(11-9-15-10-18(11)2)14-12(19-3)6-5-8-17-14/h5-6,8-10,13,16H,4,7H2,1-3H3. The third kappa shape index (κ3) is 2.93. The molecule has 0 aliphatic carbocycles. The molecule has 2 aromatic rings. The van der Waals surface area contributed by atoms with Crippen molar-refractivity contribution in [1.82, 2.24) is 19.9 Å². The summed E-state index contributed by atoms with van der Waals surface area (Å²) in [4.78, 5) is 8.66. The first-order chi connectivity index (χ1) is 9.27. The number of aryl methyl sites for hydroxylation is 1. The zero-order chi connectivity index (χ0) is 13.7. The SMILES string of the molecule is CCCNC(c1ncccc1OC)c1cncn1C. The van der Waals surface area contributed by atoms with Crippen LogP contribution in [0.5, 0.6) is 5.75 Å². The Bertz CT molecular complexity index is 524. The average molecular weight is 260 g/mol. The van der Waals surface area contributed by atoms with Crippen LogP contribution in [0.2, 0.25) is 0 Å². The van der Waals surface area contributed by atoms with Gasteiger partial charge in [0.25, 0.3) is 0 Å². The highest BCUT2D eigenvalue weighted by molar-refractivity contribution is 5.34. The van der Waals surface area contributed by atoms with Crippen LogP contribution in [0.4, 0.5) is 0 Å². The third-order valence-corrected chi connectivity index (χ3v) is 3.04. The number of methoxy groups -OCH3 is 1. The monoisotopic (exact) mass is 260 g/mol. The molecule has 2 aromatic heterocycles. The molecule has 0 radical (unpaired) electrons. The Morgan fingerprint density at radius 3 is 2.95 bits per heavy atom. The van der Waals surface area contributed by atoms with Gasteiger partial charge in [-0.25, -0.2) is 4.98 Å². The van der Waals surface area contributed by atoms with E-state index >= 15 is 0 Å². The maximum Gasteiger partial charge on any atom is 0.142 e. The second-order valence-electron chi connectivity index (χ2n) is 4.41. The Hall–Kier alpha value is -1.88. The van der Waals surface area contributed by atoms with Gasteiger partial charge >= 0.3 is 0 Å². The summed E-state index contributed by atoms with van der Waals surface area (Å²) in [6, 6.07) is 3.80. The molecule has 0 saturated carbocycles. The van der Waals surface area contributed by atoms with E-state index < -0.39 is 0 Å². The zero-order valence-electron chi connectivity index (χ0n) is 11.6. The van der Waals surface area contributed by atoms with E-state index in [1.165, 1.54) is 0 Å². The second-order valence-corrected chi connectivity index (χ2v) is 4.41. The Morgan fingerprint density at radius 1 is 1.47 bits per heavy atom.